The predicted molar refractivity (Wildman–Crippen MR) is 113 cm³/mol. The fraction of sp³-hybridized carbons (Fsp3) is 0.632. The van der Waals surface area contributed by atoms with Gasteiger partial charge >= 0.3 is 0 Å². The Morgan fingerprint density at radius 1 is 1.22 bits per heavy atom. The van der Waals surface area contributed by atoms with E-state index >= 15 is 0 Å². The summed E-state index contributed by atoms with van der Waals surface area (Å²) >= 11 is 0. The molecule has 3 aliphatic heterocycles. The lowest BCUT2D eigenvalue weighted by Gasteiger charge is -2.37. The highest BCUT2D eigenvalue weighted by Gasteiger charge is 2.36. The van der Waals surface area contributed by atoms with Gasteiger partial charge in [-0.25, -0.2) is 0 Å². The maximum Gasteiger partial charge on any atom is 0.231 e. The molecule has 27 heavy (non-hydrogen) atoms. The van der Waals surface area contributed by atoms with Gasteiger partial charge in [0.15, 0.2) is 17.5 Å². The Morgan fingerprint density at radius 3 is 2.78 bits per heavy atom. The van der Waals surface area contributed by atoms with E-state index in [1.165, 1.54) is 5.56 Å². The van der Waals surface area contributed by atoms with Gasteiger partial charge in [-0.3, -0.25) is 4.99 Å². The zero-order valence-electron chi connectivity index (χ0n) is 15.7. The van der Waals surface area contributed by atoms with Crippen molar-refractivity contribution in [2.45, 2.75) is 31.3 Å². The standard InChI is InChI=1S/C19H27N3O4.HI/c1-14-11-22(6-9-24-14)18(20)21-12-19(4-7-23-8-5-19)15-2-3-16-17(10-15)26-13-25-16;/h2-3,10,14H,4-9,11-13H2,1H3,(H2,20,21);1H. The number of nitrogens with zero attached hydrogens (tertiary/aromatic N) is 2. The van der Waals surface area contributed by atoms with Gasteiger partial charge in [0.1, 0.15) is 0 Å². The van der Waals surface area contributed by atoms with Crippen molar-refractivity contribution in [2.24, 2.45) is 10.7 Å². The molecule has 0 aromatic heterocycles. The van der Waals surface area contributed by atoms with Crippen molar-refractivity contribution in [3.8, 4) is 11.5 Å². The minimum atomic E-state index is -0.0816. The van der Waals surface area contributed by atoms with E-state index < -0.39 is 0 Å². The number of ether oxygens (including phenoxy) is 4. The number of fused-ring (bicyclic) bond motifs is 1. The number of guanidine groups is 1. The van der Waals surface area contributed by atoms with Crippen LogP contribution < -0.4 is 15.2 Å². The highest BCUT2D eigenvalue weighted by molar-refractivity contribution is 14.0. The molecule has 0 bridgehead atoms. The second-order valence-electron chi connectivity index (χ2n) is 7.26. The summed E-state index contributed by atoms with van der Waals surface area (Å²) in [5, 5.41) is 0. The van der Waals surface area contributed by atoms with Crippen LogP contribution in [-0.2, 0) is 14.9 Å². The molecule has 7 nitrogen and oxygen atoms in total. The third-order valence-electron chi connectivity index (χ3n) is 5.54. The Labute approximate surface area is 177 Å². The first kappa shape index (κ1) is 20.5. The van der Waals surface area contributed by atoms with E-state index in [0.717, 1.165) is 50.6 Å². The first-order chi connectivity index (χ1) is 12.7. The van der Waals surface area contributed by atoms with Crippen LogP contribution in [0, 0.1) is 0 Å². The molecule has 1 atom stereocenters. The molecule has 2 fully saturated rings. The number of hydrogen-bond donors (Lipinski definition) is 1. The van der Waals surface area contributed by atoms with Crippen LogP contribution in [0.3, 0.4) is 0 Å². The molecule has 0 aliphatic carbocycles. The maximum atomic E-state index is 6.30. The van der Waals surface area contributed by atoms with Crippen LogP contribution in [0.1, 0.15) is 25.3 Å². The average Bonchev–Trinajstić information content (AvgIpc) is 3.15. The summed E-state index contributed by atoms with van der Waals surface area (Å²) in [6.45, 7) is 6.74. The Balaban J connectivity index is 0.00000210. The van der Waals surface area contributed by atoms with Gasteiger partial charge in [-0.1, -0.05) is 6.07 Å². The van der Waals surface area contributed by atoms with Gasteiger partial charge in [-0.2, -0.15) is 0 Å². The van der Waals surface area contributed by atoms with Gasteiger partial charge in [-0.05, 0) is 37.5 Å². The fourth-order valence-corrected chi connectivity index (χ4v) is 3.89. The normalized spacial score (nSPS) is 24.4. The molecular formula is C19H28IN3O4. The highest BCUT2D eigenvalue weighted by atomic mass is 127. The molecule has 0 amide bonds. The maximum absolute atomic E-state index is 6.30. The third-order valence-corrected chi connectivity index (χ3v) is 5.54. The first-order valence-electron chi connectivity index (χ1n) is 9.31. The van der Waals surface area contributed by atoms with E-state index in [1.807, 2.05) is 6.07 Å². The van der Waals surface area contributed by atoms with Gasteiger partial charge in [0.05, 0.1) is 19.3 Å². The van der Waals surface area contributed by atoms with E-state index in [1.54, 1.807) is 0 Å². The lowest BCUT2D eigenvalue weighted by Crippen LogP contribution is -2.48. The van der Waals surface area contributed by atoms with Gasteiger partial charge in [0.25, 0.3) is 0 Å². The van der Waals surface area contributed by atoms with Crippen LogP contribution >= 0.6 is 24.0 Å². The van der Waals surface area contributed by atoms with E-state index in [0.29, 0.717) is 19.1 Å². The zero-order valence-corrected chi connectivity index (χ0v) is 18.0. The van der Waals surface area contributed by atoms with E-state index in [9.17, 15) is 0 Å². The molecule has 4 rings (SSSR count). The monoisotopic (exact) mass is 489 g/mol. The number of halogens is 1. The molecule has 1 aromatic rings. The van der Waals surface area contributed by atoms with Crippen molar-refractivity contribution in [2.75, 3.05) is 46.2 Å². The lowest BCUT2D eigenvalue weighted by atomic mass is 9.74. The molecule has 2 N–H and O–H groups in total. The van der Waals surface area contributed by atoms with Crippen LogP contribution in [0.2, 0.25) is 0 Å². The van der Waals surface area contributed by atoms with Crippen LogP contribution in [0.25, 0.3) is 0 Å². The molecule has 3 aliphatic rings. The Kier molecular flexibility index (Phi) is 6.69. The average molecular weight is 489 g/mol. The second kappa shape index (κ2) is 8.83. The number of benzene rings is 1. The molecule has 3 heterocycles. The summed E-state index contributed by atoms with van der Waals surface area (Å²) in [7, 11) is 0. The van der Waals surface area contributed by atoms with Gasteiger partial charge < -0.3 is 29.6 Å². The minimum absolute atomic E-state index is 0. The summed E-state index contributed by atoms with van der Waals surface area (Å²) in [5.74, 6) is 2.22. The van der Waals surface area contributed by atoms with Crippen LogP contribution in [0.5, 0.6) is 11.5 Å². The van der Waals surface area contributed by atoms with Crippen molar-refractivity contribution in [1.82, 2.24) is 4.90 Å². The molecule has 0 saturated carbocycles. The summed E-state index contributed by atoms with van der Waals surface area (Å²) in [6, 6.07) is 6.21. The second-order valence-corrected chi connectivity index (χ2v) is 7.26. The third kappa shape index (κ3) is 4.43. The topological polar surface area (TPSA) is 78.5 Å². The van der Waals surface area contributed by atoms with Gasteiger partial charge in [0.2, 0.25) is 6.79 Å². The Bertz CT molecular complexity index is 679. The van der Waals surface area contributed by atoms with E-state index in [4.69, 9.17) is 29.7 Å². The number of nitrogens with two attached hydrogens (primary N) is 1. The van der Waals surface area contributed by atoms with Gasteiger partial charge in [0, 0.05) is 31.7 Å². The van der Waals surface area contributed by atoms with Crippen LogP contribution in [0.15, 0.2) is 23.2 Å². The Morgan fingerprint density at radius 2 is 2.00 bits per heavy atom. The lowest BCUT2D eigenvalue weighted by molar-refractivity contribution is 0.00515. The number of morpholine rings is 1. The highest BCUT2D eigenvalue weighted by Crippen LogP contribution is 2.41. The molecule has 1 unspecified atom stereocenters. The quantitative estimate of drug-likeness (QED) is 0.398. The van der Waals surface area contributed by atoms with Crippen molar-refractivity contribution >= 4 is 29.9 Å². The fourth-order valence-electron chi connectivity index (χ4n) is 3.89. The molecule has 150 valence electrons. The smallest absolute Gasteiger partial charge is 0.231 e. The molecule has 2 saturated heterocycles. The molecule has 0 radical (unpaired) electrons. The number of aliphatic imine (C=N–C) groups is 1. The van der Waals surface area contributed by atoms with Crippen molar-refractivity contribution < 1.29 is 18.9 Å². The van der Waals surface area contributed by atoms with Crippen molar-refractivity contribution in [3.63, 3.8) is 0 Å². The summed E-state index contributed by atoms with van der Waals surface area (Å²) in [5.41, 5.74) is 7.44. The zero-order chi connectivity index (χ0) is 18.0. The van der Waals surface area contributed by atoms with Gasteiger partial charge in [-0.15, -0.1) is 24.0 Å². The molecule has 1 aromatic carbocycles. The van der Waals surface area contributed by atoms with Crippen LogP contribution in [0.4, 0.5) is 0 Å². The summed E-state index contributed by atoms with van der Waals surface area (Å²) in [4.78, 5) is 6.90. The van der Waals surface area contributed by atoms with E-state index in [-0.39, 0.29) is 42.3 Å². The first-order valence-corrected chi connectivity index (χ1v) is 9.31. The number of rotatable bonds is 3. The molecule has 8 heteroatoms. The van der Waals surface area contributed by atoms with Crippen LogP contribution in [-0.4, -0.2) is 63.2 Å². The summed E-state index contributed by atoms with van der Waals surface area (Å²) < 4.78 is 22.2. The molecular weight excluding hydrogens is 461 g/mol. The van der Waals surface area contributed by atoms with E-state index in [2.05, 4.69) is 24.0 Å². The summed E-state index contributed by atoms with van der Waals surface area (Å²) in [6.07, 6.45) is 2.02. The molecule has 0 spiro atoms. The minimum Gasteiger partial charge on any atom is -0.454 e. The Hall–Kier alpha value is -1.26. The SMILES string of the molecule is CC1CN(C(N)=NCC2(c3ccc4c(c3)OCO4)CCOCC2)CCO1.I. The van der Waals surface area contributed by atoms with Crippen molar-refractivity contribution in [3.05, 3.63) is 23.8 Å². The van der Waals surface area contributed by atoms with Crippen molar-refractivity contribution in [1.29, 1.82) is 0 Å². The number of hydrogen-bond acceptors (Lipinski definition) is 5. The predicted octanol–water partition coefficient (Wildman–Crippen LogP) is 2.12. The largest absolute Gasteiger partial charge is 0.454 e.